The molecule has 166 valence electrons. The van der Waals surface area contributed by atoms with Crippen LogP contribution in [0, 0.1) is 0 Å². The van der Waals surface area contributed by atoms with Gasteiger partial charge in [0.2, 0.25) is 0 Å². The molecule has 2 nitrogen and oxygen atoms in total. The molecule has 0 aliphatic rings. The molecule has 0 radical (unpaired) electrons. The Morgan fingerprint density at radius 3 is 1.69 bits per heavy atom. The third-order valence-electron chi connectivity index (χ3n) is 6.19. The summed E-state index contributed by atoms with van der Waals surface area (Å²) >= 11 is 3.70. The zero-order chi connectivity index (χ0) is 23.6. The Balaban J connectivity index is 1.52. The van der Waals surface area contributed by atoms with E-state index in [1.165, 1.54) is 16.5 Å². The van der Waals surface area contributed by atoms with Crippen LogP contribution in [0.1, 0.15) is 0 Å². The fourth-order valence-corrected chi connectivity index (χ4v) is 4.88. The number of hydrogen-bond acceptors (Lipinski definition) is 2. The van der Waals surface area contributed by atoms with Crippen LogP contribution in [0.4, 0.5) is 0 Å². The lowest BCUT2D eigenvalue weighted by atomic mass is 9.99. The quantitative estimate of drug-likeness (QED) is 0.235. The fraction of sp³-hybridized carbons (Fsp3) is 0. The third-order valence-corrected chi connectivity index (χ3v) is 6.88. The maximum atomic E-state index is 5.02. The van der Waals surface area contributed by atoms with E-state index in [1.54, 1.807) is 0 Å². The average molecular weight is 513 g/mol. The molecule has 0 saturated heterocycles. The minimum atomic E-state index is 0.720. The first-order valence-corrected chi connectivity index (χ1v) is 12.3. The number of nitrogens with zero attached hydrogens (tertiary/aromatic N) is 2. The van der Waals surface area contributed by atoms with Gasteiger partial charge in [-0.05, 0) is 34.0 Å². The number of fused-ring (bicyclic) bond motifs is 1. The fourth-order valence-electron chi connectivity index (χ4n) is 4.40. The molecule has 0 aliphatic carbocycles. The normalized spacial score (nSPS) is 11.0. The van der Waals surface area contributed by atoms with Crippen LogP contribution in [0.25, 0.3) is 55.8 Å². The van der Waals surface area contributed by atoms with Crippen molar-refractivity contribution in [1.29, 1.82) is 0 Å². The van der Waals surface area contributed by atoms with Crippen LogP contribution in [-0.4, -0.2) is 9.97 Å². The van der Waals surface area contributed by atoms with Crippen LogP contribution < -0.4 is 0 Å². The minimum absolute atomic E-state index is 0.720. The molecule has 0 aliphatic heterocycles. The monoisotopic (exact) mass is 512 g/mol. The number of halogens is 1. The summed E-state index contributed by atoms with van der Waals surface area (Å²) in [5, 5.41) is 2.32. The first-order valence-electron chi connectivity index (χ1n) is 11.5. The standard InChI is InChI=1S/C32H21BrN2/c33-29-20-19-28(26-13-7-8-14-27(26)29)31-21-30(34-32(35-31)25-11-5-2-6-12-25)24-17-15-23(16-18-24)22-9-3-1-4-10-22/h1-21H. The van der Waals surface area contributed by atoms with Crippen LogP contribution in [0.15, 0.2) is 132 Å². The van der Waals surface area contributed by atoms with Gasteiger partial charge >= 0.3 is 0 Å². The molecule has 35 heavy (non-hydrogen) atoms. The van der Waals surface area contributed by atoms with Gasteiger partial charge in [0.15, 0.2) is 5.82 Å². The summed E-state index contributed by atoms with van der Waals surface area (Å²) in [4.78, 5) is 10.00. The predicted molar refractivity (Wildman–Crippen MR) is 149 cm³/mol. The second-order valence-electron chi connectivity index (χ2n) is 8.41. The van der Waals surface area contributed by atoms with Crippen molar-refractivity contribution in [2.24, 2.45) is 0 Å². The van der Waals surface area contributed by atoms with Gasteiger partial charge in [-0.25, -0.2) is 9.97 Å². The number of aromatic nitrogens is 2. The van der Waals surface area contributed by atoms with Crippen LogP contribution in [-0.2, 0) is 0 Å². The van der Waals surface area contributed by atoms with Crippen LogP contribution >= 0.6 is 15.9 Å². The van der Waals surface area contributed by atoms with Gasteiger partial charge in [0, 0.05) is 21.2 Å². The zero-order valence-corrected chi connectivity index (χ0v) is 20.5. The maximum absolute atomic E-state index is 5.02. The SMILES string of the molecule is Brc1ccc(-c2cc(-c3ccc(-c4ccccc4)cc3)nc(-c3ccccc3)n2)c2ccccc12. The molecule has 1 heterocycles. The van der Waals surface area contributed by atoms with Crippen molar-refractivity contribution in [3.05, 3.63) is 132 Å². The third kappa shape index (κ3) is 4.27. The summed E-state index contributed by atoms with van der Waals surface area (Å²) in [6.07, 6.45) is 0. The van der Waals surface area contributed by atoms with Gasteiger partial charge in [-0.1, -0.05) is 131 Å². The molecule has 6 rings (SSSR count). The molecule has 6 aromatic rings. The van der Waals surface area contributed by atoms with Crippen LogP contribution in [0.5, 0.6) is 0 Å². The molecule has 0 spiro atoms. The molecule has 1 aromatic heterocycles. The molecule has 0 unspecified atom stereocenters. The number of rotatable bonds is 4. The second kappa shape index (κ2) is 9.28. The topological polar surface area (TPSA) is 25.8 Å². The summed E-state index contributed by atoms with van der Waals surface area (Å²) < 4.78 is 1.07. The molecule has 0 N–H and O–H groups in total. The average Bonchev–Trinajstić information content (AvgIpc) is 2.94. The van der Waals surface area contributed by atoms with Crippen LogP contribution in [0.2, 0.25) is 0 Å². The molecule has 0 fully saturated rings. The van der Waals surface area contributed by atoms with E-state index in [9.17, 15) is 0 Å². The van der Waals surface area contributed by atoms with Gasteiger partial charge in [0.05, 0.1) is 11.4 Å². The Bertz CT molecular complexity index is 1630. The molecule has 0 atom stereocenters. The van der Waals surface area contributed by atoms with Gasteiger partial charge in [-0.3, -0.25) is 0 Å². The van der Waals surface area contributed by atoms with E-state index in [0.717, 1.165) is 43.8 Å². The van der Waals surface area contributed by atoms with Crippen molar-refractivity contribution < 1.29 is 0 Å². The molecular weight excluding hydrogens is 492 g/mol. The van der Waals surface area contributed by atoms with Crippen molar-refractivity contribution in [3.8, 4) is 45.0 Å². The van der Waals surface area contributed by atoms with Crippen molar-refractivity contribution in [3.63, 3.8) is 0 Å². The lowest BCUT2D eigenvalue weighted by Crippen LogP contribution is -1.96. The lowest BCUT2D eigenvalue weighted by molar-refractivity contribution is 1.18. The van der Waals surface area contributed by atoms with E-state index in [0.29, 0.717) is 0 Å². The molecule has 0 saturated carbocycles. The Hall–Kier alpha value is -4.08. The highest BCUT2D eigenvalue weighted by Gasteiger charge is 2.13. The van der Waals surface area contributed by atoms with E-state index in [2.05, 4.69) is 119 Å². The van der Waals surface area contributed by atoms with Crippen molar-refractivity contribution in [2.45, 2.75) is 0 Å². The van der Waals surface area contributed by atoms with E-state index in [4.69, 9.17) is 9.97 Å². The molecule has 3 heteroatoms. The van der Waals surface area contributed by atoms with Gasteiger partial charge in [0.25, 0.3) is 0 Å². The van der Waals surface area contributed by atoms with Gasteiger partial charge in [0.1, 0.15) is 0 Å². The largest absolute Gasteiger partial charge is 0.228 e. The predicted octanol–water partition coefficient (Wildman–Crippen LogP) is 9.06. The van der Waals surface area contributed by atoms with Crippen molar-refractivity contribution in [2.75, 3.05) is 0 Å². The van der Waals surface area contributed by atoms with E-state index >= 15 is 0 Å². The van der Waals surface area contributed by atoms with Gasteiger partial charge in [-0.15, -0.1) is 0 Å². The Morgan fingerprint density at radius 1 is 0.429 bits per heavy atom. The zero-order valence-electron chi connectivity index (χ0n) is 18.9. The summed E-state index contributed by atoms with van der Waals surface area (Å²) in [6, 6.07) is 43.9. The summed E-state index contributed by atoms with van der Waals surface area (Å²) in [7, 11) is 0. The first kappa shape index (κ1) is 21.5. The second-order valence-corrected chi connectivity index (χ2v) is 9.27. The molecule has 0 amide bonds. The van der Waals surface area contributed by atoms with Gasteiger partial charge < -0.3 is 0 Å². The Kier molecular flexibility index (Phi) is 5.69. The van der Waals surface area contributed by atoms with E-state index < -0.39 is 0 Å². The van der Waals surface area contributed by atoms with Crippen LogP contribution in [0.3, 0.4) is 0 Å². The highest BCUT2D eigenvalue weighted by Crippen LogP contribution is 2.35. The highest BCUT2D eigenvalue weighted by molar-refractivity contribution is 9.10. The summed E-state index contributed by atoms with van der Waals surface area (Å²) in [6.45, 7) is 0. The molecular formula is C32H21BrN2. The molecule has 0 bridgehead atoms. The number of hydrogen-bond donors (Lipinski definition) is 0. The first-order chi connectivity index (χ1) is 17.3. The van der Waals surface area contributed by atoms with E-state index in [-0.39, 0.29) is 0 Å². The van der Waals surface area contributed by atoms with E-state index in [1.807, 2.05) is 24.3 Å². The number of benzene rings is 5. The maximum Gasteiger partial charge on any atom is 0.160 e. The Morgan fingerprint density at radius 2 is 0.971 bits per heavy atom. The summed E-state index contributed by atoms with van der Waals surface area (Å²) in [5.41, 5.74) is 7.35. The lowest BCUT2D eigenvalue weighted by Gasteiger charge is -2.12. The van der Waals surface area contributed by atoms with Gasteiger partial charge in [-0.2, -0.15) is 0 Å². The van der Waals surface area contributed by atoms with Crippen molar-refractivity contribution in [1.82, 2.24) is 9.97 Å². The molecule has 5 aromatic carbocycles. The smallest absolute Gasteiger partial charge is 0.160 e. The Labute approximate surface area is 213 Å². The van der Waals surface area contributed by atoms with Crippen molar-refractivity contribution >= 4 is 26.7 Å². The summed E-state index contributed by atoms with van der Waals surface area (Å²) in [5.74, 6) is 0.720. The minimum Gasteiger partial charge on any atom is -0.228 e. The highest BCUT2D eigenvalue weighted by atomic mass is 79.9.